The summed E-state index contributed by atoms with van der Waals surface area (Å²) in [5.41, 5.74) is 0.983. The van der Waals surface area contributed by atoms with Crippen molar-refractivity contribution in [2.45, 2.75) is 6.92 Å². The molecule has 2 nitrogen and oxygen atoms in total. The van der Waals surface area contributed by atoms with E-state index >= 15 is 0 Å². The van der Waals surface area contributed by atoms with Crippen LogP contribution in [-0.4, -0.2) is 6.54 Å². The fourth-order valence-electron chi connectivity index (χ4n) is 1.23. The predicted molar refractivity (Wildman–Crippen MR) is 80.1 cm³/mol. The van der Waals surface area contributed by atoms with E-state index < -0.39 is 0 Å². The van der Waals surface area contributed by atoms with Crippen molar-refractivity contribution in [3.63, 3.8) is 0 Å². The molecular weight excluding hydrogens is 267 g/mol. The zero-order valence-electron chi connectivity index (χ0n) is 10.2. The fourth-order valence-corrected chi connectivity index (χ4v) is 1.50. The van der Waals surface area contributed by atoms with E-state index in [1.165, 1.54) is 0 Å². The van der Waals surface area contributed by atoms with Crippen LogP contribution in [-0.2, 0) is 0 Å². The number of hydrogen-bond acceptors (Lipinski definition) is 2. The van der Waals surface area contributed by atoms with Crippen molar-refractivity contribution in [3.8, 4) is 0 Å². The van der Waals surface area contributed by atoms with E-state index in [4.69, 9.17) is 29.0 Å². The van der Waals surface area contributed by atoms with Crippen LogP contribution in [0.3, 0.4) is 0 Å². The Morgan fingerprint density at radius 2 is 1.39 bits per heavy atom. The average Bonchev–Trinajstić information content (AvgIpc) is 2.40. The van der Waals surface area contributed by atoms with Gasteiger partial charge in [-0.05, 0) is 43.3 Å². The average molecular weight is 283 g/mol. The molecule has 0 atom stereocenters. The van der Waals surface area contributed by atoms with E-state index in [0.29, 0.717) is 0 Å². The molecule has 0 bridgehead atoms. The Morgan fingerprint density at radius 3 is 1.78 bits per heavy atom. The molecule has 0 fully saturated rings. The van der Waals surface area contributed by atoms with Gasteiger partial charge in [0, 0.05) is 16.6 Å². The van der Waals surface area contributed by atoms with Crippen LogP contribution in [0.2, 0.25) is 10.0 Å². The highest BCUT2D eigenvalue weighted by Crippen LogP contribution is 2.15. The van der Waals surface area contributed by atoms with E-state index in [1.807, 2.05) is 61.5 Å². The summed E-state index contributed by atoms with van der Waals surface area (Å²) in [6.07, 6.45) is 0. The Balaban J connectivity index is 0.000000199. The molecule has 0 aliphatic rings. The zero-order chi connectivity index (χ0) is 13.4. The van der Waals surface area contributed by atoms with E-state index in [0.717, 1.165) is 22.3 Å². The molecule has 0 aromatic heterocycles. The summed E-state index contributed by atoms with van der Waals surface area (Å²) < 4.78 is 0. The van der Waals surface area contributed by atoms with Gasteiger partial charge in [0.25, 0.3) is 0 Å². The smallest absolute Gasteiger partial charge is 0.0518 e. The second-order valence-electron chi connectivity index (χ2n) is 3.56. The van der Waals surface area contributed by atoms with Gasteiger partial charge in [-0.15, -0.1) is 0 Å². The second-order valence-corrected chi connectivity index (χ2v) is 4.43. The third-order valence-electron chi connectivity index (χ3n) is 2.23. The van der Waals surface area contributed by atoms with Gasteiger partial charge in [0.2, 0.25) is 0 Å². The number of halogens is 2. The summed E-state index contributed by atoms with van der Waals surface area (Å²) in [6, 6.07) is 16.9. The van der Waals surface area contributed by atoms with Crippen molar-refractivity contribution in [2.75, 3.05) is 11.6 Å². The summed E-state index contributed by atoms with van der Waals surface area (Å²) >= 11 is 11.2. The highest BCUT2D eigenvalue weighted by atomic mass is 35.5. The third-order valence-corrected chi connectivity index (χ3v) is 2.74. The molecular formula is C14H16Cl2N2. The van der Waals surface area contributed by atoms with Crippen LogP contribution in [0.5, 0.6) is 0 Å². The Kier molecular flexibility index (Phi) is 6.58. The van der Waals surface area contributed by atoms with Gasteiger partial charge in [-0.1, -0.05) is 41.4 Å². The molecule has 96 valence electrons. The van der Waals surface area contributed by atoms with Crippen LogP contribution >= 0.6 is 23.2 Å². The van der Waals surface area contributed by atoms with Crippen molar-refractivity contribution in [2.24, 2.45) is 5.84 Å². The zero-order valence-corrected chi connectivity index (χ0v) is 11.7. The quantitative estimate of drug-likeness (QED) is 0.654. The molecule has 0 aliphatic carbocycles. The van der Waals surface area contributed by atoms with Crippen molar-refractivity contribution in [3.05, 3.63) is 64.6 Å². The molecule has 0 spiro atoms. The number of hydrogen-bond donors (Lipinski definition) is 1. The Labute approximate surface area is 118 Å². The topological polar surface area (TPSA) is 29.3 Å². The standard InChI is InChI=1S/C8H11ClN2.C6H5Cl/c1-2-11(10)8-5-3-7(9)4-6-8;7-6-4-2-1-3-5-6/h3-6H,2,10H2,1H3;1-5H. The molecule has 0 saturated carbocycles. The SMILES string of the molecule is CCN(N)c1ccc(Cl)cc1.Clc1ccccc1. The minimum Gasteiger partial charge on any atom is -0.311 e. The van der Waals surface area contributed by atoms with Gasteiger partial charge >= 0.3 is 0 Å². The van der Waals surface area contributed by atoms with Crippen LogP contribution in [0, 0.1) is 0 Å². The first-order valence-corrected chi connectivity index (χ1v) is 6.37. The highest BCUT2D eigenvalue weighted by Gasteiger charge is 1.96. The Bertz CT molecular complexity index is 443. The maximum atomic E-state index is 5.70. The molecule has 4 heteroatoms. The molecule has 2 rings (SSSR count). The van der Waals surface area contributed by atoms with Gasteiger partial charge in [-0.25, -0.2) is 5.84 Å². The molecule has 0 unspecified atom stereocenters. The maximum absolute atomic E-state index is 5.70. The van der Waals surface area contributed by atoms with E-state index in [2.05, 4.69) is 0 Å². The van der Waals surface area contributed by atoms with E-state index in [9.17, 15) is 0 Å². The highest BCUT2D eigenvalue weighted by molar-refractivity contribution is 6.30. The first kappa shape index (κ1) is 14.8. The van der Waals surface area contributed by atoms with Crippen LogP contribution in [0.4, 0.5) is 5.69 Å². The van der Waals surface area contributed by atoms with Crippen molar-refractivity contribution in [1.82, 2.24) is 0 Å². The van der Waals surface area contributed by atoms with Gasteiger partial charge in [-0.3, -0.25) is 0 Å². The van der Waals surface area contributed by atoms with E-state index in [-0.39, 0.29) is 0 Å². The summed E-state index contributed by atoms with van der Waals surface area (Å²) in [6.45, 7) is 2.79. The Hall–Kier alpha value is -1.22. The molecule has 0 heterocycles. The molecule has 2 N–H and O–H groups in total. The number of benzene rings is 2. The normalized spacial score (nSPS) is 9.33. The number of nitrogens with two attached hydrogens (primary N) is 1. The largest absolute Gasteiger partial charge is 0.311 e. The number of hydrazine groups is 1. The lowest BCUT2D eigenvalue weighted by molar-refractivity contribution is 0.892. The summed E-state index contributed by atoms with van der Waals surface area (Å²) in [7, 11) is 0. The van der Waals surface area contributed by atoms with Crippen LogP contribution < -0.4 is 10.9 Å². The molecule has 0 radical (unpaired) electrons. The first-order chi connectivity index (χ1) is 8.63. The molecule has 0 saturated heterocycles. The lowest BCUT2D eigenvalue weighted by Crippen LogP contribution is -2.29. The lowest BCUT2D eigenvalue weighted by Gasteiger charge is -2.15. The fraction of sp³-hybridized carbons (Fsp3) is 0.143. The second kappa shape index (κ2) is 7.98. The van der Waals surface area contributed by atoms with Crippen LogP contribution in [0.1, 0.15) is 6.92 Å². The Morgan fingerprint density at radius 1 is 0.889 bits per heavy atom. The van der Waals surface area contributed by atoms with Gasteiger partial charge in [-0.2, -0.15) is 0 Å². The van der Waals surface area contributed by atoms with E-state index in [1.54, 1.807) is 5.01 Å². The minimum atomic E-state index is 0.734. The third kappa shape index (κ3) is 5.41. The first-order valence-electron chi connectivity index (χ1n) is 5.62. The van der Waals surface area contributed by atoms with Crippen molar-refractivity contribution >= 4 is 28.9 Å². The van der Waals surface area contributed by atoms with Gasteiger partial charge in [0.15, 0.2) is 0 Å². The maximum Gasteiger partial charge on any atom is 0.0518 e. The molecule has 2 aromatic carbocycles. The molecule has 2 aromatic rings. The number of nitrogens with zero attached hydrogens (tertiary/aromatic N) is 1. The summed E-state index contributed by atoms with van der Waals surface area (Å²) in [5.74, 6) is 5.63. The molecule has 0 aliphatic heterocycles. The number of rotatable bonds is 2. The van der Waals surface area contributed by atoms with Crippen molar-refractivity contribution < 1.29 is 0 Å². The lowest BCUT2D eigenvalue weighted by atomic mass is 10.3. The minimum absolute atomic E-state index is 0.734. The summed E-state index contributed by atoms with van der Waals surface area (Å²) in [5, 5.41) is 3.19. The molecule has 18 heavy (non-hydrogen) atoms. The molecule has 0 amide bonds. The van der Waals surface area contributed by atoms with Crippen LogP contribution in [0.25, 0.3) is 0 Å². The van der Waals surface area contributed by atoms with Crippen LogP contribution in [0.15, 0.2) is 54.6 Å². The van der Waals surface area contributed by atoms with Crippen molar-refractivity contribution in [1.29, 1.82) is 0 Å². The number of anilines is 1. The monoisotopic (exact) mass is 282 g/mol. The van der Waals surface area contributed by atoms with Gasteiger partial charge in [0.05, 0.1) is 5.69 Å². The summed E-state index contributed by atoms with van der Waals surface area (Å²) in [4.78, 5) is 0. The van der Waals surface area contributed by atoms with Gasteiger partial charge < -0.3 is 5.01 Å². The van der Waals surface area contributed by atoms with Gasteiger partial charge in [0.1, 0.15) is 0 Å². The predicted octanol–water partition coefficient (Wildman–Crippen LogP) is 4.38.